The van der Waals surface area contributed by atoms with Crippen molar-refractivity contribution in [2.75, 3.05) is 57.2 Å². The molecular formula is C19H25N5O3. The Morgan fingerprint density at radius 2 is 1.85 bits per heavy atom. The second-order valence-corrected chi connectivity index (χ2v) is 6.16. The molecule has 2 heterocycles. The molecule has 1 saturated heterocycles. The minimum Gasteiger partial charge on any atom is -0.497 e. The van der Waals surface area contributed by atoms with Crippen molar-refractivity contribution in [1.82, 2.24) is 14.9 Å². The van der Waals surface area contributed by atoms with E-state index < -0.39 is 0 Å². The van der Waals surface area contributed by atoms with Crippen molar-refractivity contribution in [3.8, 4) is 11.5 Å². The molecule has 27 heavy (non-hydrogen) atoms. The zero-order valence-electron chi connectivity index (χ0n) is 15.7. The highest BCUT2D eigenvalue weighted by Gasteiger charge is 2.22. The normalized spacial score (nSPS) is 14.0. The van der Waals surface area contributed by atoms with Gasteiger partial charge in [0.2, 0.25) is 11.9 Å². The number of piperazine rings is 1. The van der Waals surface area contributed by atoms with Gasteiger partial charge in [0.05, 0.1) is 19.9 Å². The van der Waals surface area contributed by atoms with Crippen LogP contribution in [0.4, 0.5) is 11.6 Å². The lowest BCUT2D eigenvalue weighted by atomic mass is 10.2. The van der Waals surface area contributed by atoms with Crippen LogP contribution in [0.1, 0.15) is 6.42 Å². The summed E-state index contributed by atoms with van der Waals surface area (Å²) in [4.78, 5) is 25.0. The van der Waals surface area contributed by atoms with E-state index in [0.29, 0.717) is 31.8 Å². The molecule has 1 aromatic heterocycles. The van der Waals surface area contributed by atoms with Crippen molar-refractivity contribution in [1.29, 1.82) is 0 Å². The molecule has 8 heteroatoms. The van der Waals surface area contributed by atoms with E-state index in [1.54, 1.807) is 32.7 Å². The average Bonchev–Trinajstić information content (AvgIpc) is 2.74. The van der Waals surface area contributed by atoms with Gasteiger partial charge in [-0.2, -0.15) is 0 Å². The summed E-state index contributed by atoms with van der Waals surface area (Å²) in [5.74, 6) is 2.29. The standard InChI is InChI=1S/C19H25N5O3/c1-26-15-4-5-16(17(14-15)27-2)20-9-6-18(25)23-10-12-24(13-11-23)19-21-7-3-8-22-19/h3-5,7-8,14,20H,6,9-13H2,1-2H3. The van der Waals surface area contributed by atoms with Crippen LogP contribution in [0, 0.1) is 0 Å². The lowest BCUT2D eigenvalue weighted by Gasteiger charge is -2.34. The van der Waals surface area contributed by atoms with E-state index >= 15 is 0 Å². The molecule has 1 N–H and O–H groups in total. The van der Waals surface area contributed by atoms with Crippen LogP contribution in [0.15, 0.2) is 36.7 Å². The number of nitrogens with one attached hydrogen (secondary N) is 1. The molecule has 1 aliphatic rings. The molecular weight excluding hydrogens is 346 g/mol. The predicted molar refractivity (Wildman–Crippen MR) is 103 cm³/mol. The number of methoxy groups -OCH3 is 2. The third kappa shape index (κ3) is 4.78. The maximum atomic E-state index is 12.5. The molecule has 0 aliphatic carbocycles. The van der Waals surface area contributed by atoms with Crippen LogP contribution in [0.5, 0.6) is 11.5 Å². The molecule has 1 aromatic carbocycles. The fourth-order valence-electron chi connectivity index (χ4n) is 3.02. The molecule has 0 radical (unpaired) electrons. The Bertz CT molecular complexity index is 748. The summed E-state index contributed by atoms with van der Waals surface area (Å²) < 4.78 is 10.6. The van der Waals surface area contributed by atoms with Crippen molar-refractivity contribution in [2.45, 2.75) is 6.42 Å². The number of hydrogen-bond donors (Lipinski definition) is 1. The summed E-state index contributed by atoms with van der Waals surface area (Å²) in [6.45, 7) is 3.40. The summed E-state index contributed by atoms with van der Waals surface area (Å²) in [5.41, 5.74) is 0.845. The van der Waals surface area contributed by atoms with Crippen LogP contribution in [0.25, 0.3) is 0 Å². The minimum absolute atomic E-state index is 0.142. The number of benzene rings is 1. The van der Waals surface area contributed by atoms with Gasteiger partial charge in [-0.15, -0.1) is 0 Å². The number of rotatable bonds is 7. The Morgan fingerprint density at radius 1 is 1.11 bits per heavy atom. The molecule has 2 aromatic rings. The maximum Gasteiger partial charge on any atom is 0.225 e. The van der Waals surface area contributed by atoms with Crippen LogP contribution in [-0.4, -0.2) is 67.7 Å². The quantitative estimate of drug-likeness (QED) is 0.793. The van der Waals surface area contributed by atoms with E-state index in [4.69, 9.17) is 9.47 Å². The van der Waals surface area contributed by atoms with Crippen LogP contribution in [-0.2, 0) is 4.79 Å². The van der Waals surface area contributed by atoms with Crippen molar-refractivity contribution in [2.24, 2.45) is 0 Å². The van der Waals surface area contributed by atoms with E-state index in [9.17, 15) is 4.79 Å². The van der Waals surface area contributed by atoms with Crippen LogP contribution in [0.2, 0.25) is 0 Å². The number of nitrogens with zero attached hydrogens (tertiary/aromatic N) is 4. The van der Waals surface area contributed by atoms with Crippen molar-refractivity contribution in [3.63, 3.8) is 0 Å². The SMILES string of the molecule is COc1ccc(NCCC(=O)N2CCN(c3ncccn3)CC2)c(OC)c1. The van der Waals surface area contributed by atoms with E-state index in [1.165, 1.54) is 0 Å². The van der Waals surface area contributed by atoms with E-state index in [-0.39, 0.29) is 5.91 Å². The van der Waals surface area contributed by atoms with Crippen molar-refractivity contribution < 1.29 is 14.3 Å². The smallest absolute Gasteiger partial charge is 0.225 e. The Hall–Kier alpha value is -3.03. The van der Waals surface area contributed by atoms with E-state index in [1.807, 2.05) is 23.1 Å². The average molecular weight is 371 g/mol. The zero-order valence-corrected chi connectivity index (χ0v) is 15.7. The number of hydrogen-bond acceptors (Lipinski definition) is 7. The number of anilines is 2. The van der Waals surface area contributed by atoms with Gasteiger partial charge in [0.1, 0.15) is 11.5 Å². The summed E-state index contributed by atoms with van der Waals surface area (Å²) in [6, 6.07) is 7.36. The highest BCUT2D eigenvalue weighted by molar-refractivity contribution is 5.77. The van der Waals surface area contributed by atoms with Crippen molar-refractivity contribution >= 4 is 17.5 Å². The van der Waals surface area contributed by atoms with Gasteiger partial charge in [0, 0.05) is 57.6 Å². The number of carbonyl (C=O) groups excluding carboxylic acids is 1. The minimum atomic E-state index is 0.142. The first-order valence-electron chi connectivity index (χ1n) is 8.97. The molecule has 3 rings (SSSR count). The van der Waals surface area contributed by atoms with Gasteiger partial charge < -0.3 is 24.6 Å². The van der Waals surface area contributed by atoms with Gasteiger partial charge in [-0.3, -0.25) is 4.79 Å². The Morgan fingerprint density at radius 3 is 2.52 bits per heavy atom. The predicted octanol–water partition coefficient (Wildman–Crippen LogP) is 1.64. The van der Waals surface area contributed by atoms with Crippen LogP contribution >= 0.6 is 0 Å². The topological polar surface area (TPSA) is 79.8 Å². The summed E-state index contributed by atoms with van der Waals surface area (Å²) in [7, 11) is 3.23. The van der Waals surface area contributed by atoms with Gasteiger partial charge >= 0.3 is 0 Å². The van der Waals surface area contributed by atoms with Crippen LogP contribution < -0.4 is 19.7 Å². The van der Waals surface area contributed by atoms with E-state index in [2.05, 4.69) is 20.2 Å². The first kappa shape index (κ1) is 18.8. The second kappa shape index (κ2) is 9.07. The number of carbonyl (C=O) groups is 1. The van der Waals surface area contributed by atoms with Gasteiger partial charge in [-0.25, -0.2) is 9.97 Å². The van der Waals surface area contributed by atoms with Crippen LogP contribution in [0.3, 0.4) is 0 Å². The van der Waals surface area contributed by atoms with Gasteiger partial charge in [0.15, 0.2) is 0 Å². The maximum absolute atomic E-state index is 12.5. The zero-order chi connectivity index (χ0) is 19.1. The monoisotopic (exact) mass is 371 g/mol. The molecule has 0 unspecified atom stereocenters. The first-order chi connectivity index (χ1) is 13.2. The van der Waals surface area contributed by atoms with Gasteiger partial charge in [0.25, 0.3) is 0 Å². The largest absolute Gasteiger partial charge is 0.497 e. The Balaban J connectivity index is 1.45. The highest BCUT2D eigenvalue weighted by Crippen LogP contribution is 2.28. The number of ether oxygens (including phenoxy) is 2. The summed E-state index contributed by atoms with van der Waals surface area (Å²) in [5, 5.41) is 3.26. The second-order valence-electron chi connectivity index (χ2n) is 6.16. The summed E-state index contributed by atoms with van der Waals surface area (Å²) in [6.07, 6.45) is 3.90. The van der Waals surface area contributed by atoms with Gasteiger partial charge in [-0.05, 0) is 18.2 Å². The molecule has 0 bridgehead atoms. The van der Waals surface area contributed by atoms with E-state index in [0.717, 1.165) is 30.5 Å². The molecule has 0 atom stereocenters. The molecule has 1 amide bonds. The first-order valence-corrected chi connectivity index (χ1v) is 8.97. The third-order valence-corrected chi connectivity index (χ3v) is 4.53. The number of amides is 1. The summed E-state index contributed by atoms with van der Waals surface area (Å²) >= 11 is 0. The Kier molecular flexibility index (Phi) is 6.30. The Labute approximate surface area is 159 Å². The molecule has 8 nitrogen and oxygen atoms in total. The molecule has 0 saturated carbocycles. The fourth-order valence-corrected chi connectivity index (χ4v) is 3.02. The van der Waals surface area contributed by atoms with Gasteiger partial charge in [-0.1, -0.05) is 0 Å². The molecule has 1 fully saturated rings. The fraction of sp³-hybridized carbons (Fsp3) is 0.421. The highest BCUT2D eigenvalue weighted by atomic mass is 16.5. The van der Waals surface area contributed by atoms with Crippen molar-refractivity contribution in [3.05, 3.63) is 36.7 Å². The lowest BCUT2D eigenvalue weighted by molar-refractivity contribution is -0.131. The molecule has 1 aliphatic heterocycles. The molecule has 144 valence electrons. The molecule has 0 spiro atoms. The lowest BCUT2D eigenvalue weighted by Crippen LogP contribution is -2.49. The third-order valence-electron chi connectivity index (χ3n) is 4.53. The number of aromatic nitrogens is 2.